The summed E-state index contributed by atoms with van der Waals surface area (Å²) in [7, 11) is 0. The third kappa shape index (κ3) is 10.3. The van der Waals surface area contributed by atoms with Gasteiger partial charge in [-0.1, -0.05) is 76.3 Å². The molecule has 5 aromatic carbocycles. The predicted molar refractivity (Wildman–Crippen MR) is 179 cm³/mol. The molecule has 0 aliphatic heterocycles. The van der Waals surface area contributed by atoms with Gasteiger partial charge in [0.25, 0.3) is 0 Å². The van der Waals surface area contributed by atoms with Crippen LogP contribution in [-0.4, -0.2) is 3.21 Å². The van der Waals surface area contributed by atoms with E-state index in [1.807, 2.05) is 66.7 Å². The minimum absolute atomic E-state index is 0. The number of fused-ring (bicyclic) bond motifs is 3. The molecule has 0 amide bonds. The van der Waals surface area contributed by atoms with Crippen LogP contribution in [-0.2, 0) is 41.5 Å². The van der Waals surface area contributed by atoms with E-state index in [0.29, 0.717) is 0 Å². The average Bonchev–Trinajstić information content (AvgIpc) is 3.63. The fourth-order valence-electron chi connectivity index (χ4n) is 4.76. The quantitative estimate of drug-likeness (QED) is 0.215. The van der Waals surface area contributed by atoms with E-state index in [2.05, 4.69) is 90.1 Å². The SMILES string of the molecule is CC(C)(C)c1c[c-]c2c(c1)-c1cc(C(C)(C)C)ccc1C2.Clc1cccc([C](=[Zr+2])c2cccc(Cl)c2)c1.[Cl-].[Cl-].c1cc[cH-]c1. The molecule has 0 heterocycles. The second-order valence-corrected chi connectivity index (χ2v) is 14.8. The maximum absolute atomic E-state index is 5.98. The van der Waals surface area contributed by atoms with Crippen molar-refractivity contribution >= 4 is 26.4 Å². The molecule has 1 aliphatic rings. The van der Waals surface area contributed by atoms with Crippen LogP contribution in [0.15, 0.2) is 109 Å². The number of benzene rings is 4. The largest absolute Gasteiger partial charge is 1.00 e. The summed E-state index contributed by atoms with van der Waals surface area (Å²) in [5, 5.41) is 1.53. The van der Waals surface area contributed by atoms with Gasteiger partial charge in [0.2, 0.25) is 0 Å². The summed E-state index contributed by atoms with van der Waals surface area (Å²) in [6.45, 7) is 13.6. The van der Waals surface area contributed by atoms with Crippen molar-refractivity contribution in [3.8, 4) is 11.1 Å². The van der Waals surface area contributed by atoms with Crippen molar-refractivity contribution in [2.75, 3.05) is 0 Å². The number of hydrogen-bond donors (Lipinski definition) is 0. The van der Waals surface area contributed by atoms with Crippen LogP contribution in [0.3, 0.4) is 0 Å². The molecule has 0 radical (unpaired) electrons. The van der Waals surface area contributed by atoms with E-state index >= 15 is 0 Å². The Labute approximate surface area is 301 Å². The van der Waals surface area contributed by atoms with E-state index in [1.165, 1.54) is 60.8 Å². The molecule has 0 fully saturated rings. The first kappa shape index (κ1) is 38.3. The third-order valence-electron chi connectivity index (χ3n) is 7.31. The first-order chi connectivity index (χ1) is 19.8. The molecule has 1 aliphatic carbocycles. The Morgan fingerprint density at radius 1 is 0.682 bits per heavy atom. The number of rotatable bonds is 2. The molecular weight excluding hydrogens is 701 g/mol. The molecular formula is C39H38Cl4Zr-2. The van der Waals surface area contributed by atoms with Crippen LogP contribution in [0.4, 0.5) is 0 Å². The molecule has 0 spiro atoms. The van der Waals surface area contributed by atoms with E-state index in [1.54, 1.807) is 0 Å². The molecule has 0 saturated heterocycles. The fraction of sp³-hybridized carbons (Fsp3) is 0.231. The van der Waals surface area contributed by atoms with Crippen LogP contribution < -0.4 is 24.8 Å². The van der Waals surface area contributed by atoms with Gasteiger partial charge in [0.05, 0.1) is 0 Å². The van der Waals surface area contributed by atoms with Crippen LogP contribution in [0.2, 0.25) is 10.0 Å². The molecule has 0 aromatic heterocycles. The van der Waals surface area contributed by atoms with Gasteiger partial charge in [0.15, 0.2) is 0 Å². The molecule has 228 valence electrons. The molecule has 44 heavy (non-hydrogen) atoms. The molecule has 0 unspecified atom stereocenters. The van der Waals surface area contributed by atoms with Crippen molar-refractivity contribution in [2.24, 2.45) is 0 Å². The molecule has 6 rings (SSSR count). The number of halogens is 4. The van der Waals surface area contributed by atoms with E-state index in [4.69, 9.17) is 23.2 Å². The van der Waals surface area contributed by atoms with Gasteiger partial charge >= 0.3 is 120 Å². The van der Waals surface area contributed by atoms with Gasteiger partial charge in [-0.3, -0.25) is 0 Å². The monoisotopic (exact) mass is 736 g/mol. The molecule has 0 N–H and O–H groups in total. The second-order valence-electron chi connectivity index (χ2n) is 12.7. The molecule has 5 heteroatoms. The van der Waals surface area contributed by atoms with Gasteiger partial charge < -0.3 is 24.8 Å². The summed E-state index contributed by atoms with van der Waals surface area (Å²) in [5.41, 5.74) is 11.1. The van der Waals surface area contributed by atoms with E-state index < -0.39 is 0 Å². The van der Waals surface area contributed by atoms with Crippen molar-refractivity contribution in [1.29, 1.82) is 0 Å². The Morgan fingerprint density at radius 2 is 1.20 bits per heavy atom. The van der Waals surface area contributed by atoms with Crippen molar-refractivity contribution < 1.29 is 49.0 Å². The van der Waals surface area contributed by atoms with E-state index in [0.717, 1.165) is 27.6 Å². The van der Waals surface area contributed by atoms with Crippen LogP contribution in [0.5, 0.6) is 0 Å². The van der Waals surface area contributed by atoms with Crippen LogP contribution >= 0.6 is 23.2 Å². The van der Waals surface area contributed by atoms with Crippen molar-refractivity contribution in [1.82, 2.24) is 0 Å². The van der Waals surface area contributed by atoms with Crippen LogP contribution in [0.25, 0.3) is 11.1 Å². The Kier molecular flexibility index (Phi) is 14.5. The van der Waals surface area contributed by atoms with Crippen molar-refractivity contribution in [3.63, 3.8) is 0 Å². The van der Waals surface area contributed by atoms with Gasteiger partial charge in [-0.15, -0.1) is 5.56 Å². The first-order valence-corrected chi connectivity index (χ1v) is 16.3. The molecule has 0 nitrogen and oxygen atoms in total. The standard InChI is InChI=1S/C21H25.C13H8Cl2.C5H5.2ClH.Zr/c1-20(2,3)16-9-7-14-11-15-8-10-17(21(4,5)6)13-19(15)18(14)12-16;14-12-5-1-3-10(8-12)7-11-4-2-6-13(15)9-11;1-2-4-5-3-1;;;/h7,9-10,12-13H,11H2,1-6H3;1-6,8-9H;1-5H;2*1H;/q-1;;-1;;;+2/p-2. The maximum atomic E-state index is 5.98. The van der Waals surface area contributed by atoms with E-state index in [-0.39, 0.29) is 35.6 Å². The smallest absolute Gasteiger partial charge is 0.172 e. The minimum Gasteiger partial charge on any atom is -1.00 e. The summed E-state index contributed by atoms with van der Waals surface area (Å²) in [6.07, 6.45) is 1.03. The summed E-state index contributed by atoms with van der Waals surface area (Å²) >= 11 is 13.3. The molecule has 0 saturated carbocycles. The Morgan fingerprint density at radius 3 is 1.66 bits per heavy atom. The van der Waals surface area contributed by atoms with Gasteiger partial charge in [-0.25, -0.2) is 12.1 Å². The van der Waals surface area contributed by atoms with Gasteiger partial charge in [-0.2, -0.15) is 47.5 Å². The summed E-state index contributed by atoms with van der Waals surface area (Å²) < 4.78 is 1.26. The van der Waals surface area contributed by atoms with Gasteiger partial charge in [0, 0.05) is 0 Å². The fourth-order valence-corrected chi connectivity index (χ4v) is 5.91. The Bertz CT molecular complexity index is 1530. The third-order valence-corrected chi connectivity index (χ3v) is 9.20. The zero-order valence-corrected chi connectivity index (χ0v) is 31.6. The Hall–Kier alpha value is -1.86. The van der Waals surface area contributed by atoms with Gasteiger partial charge in [0.1, 0.15) is 0 Å². The van der Waals surface area contributed by atoms with Crippen LogP contribution in [0.1, 0.15) is 74.9 Å². The maximum Gasteiger partial charge on any atom is -0.172 e. The average molecular weight is 740 g/mol. The van der Waals surface area contributed by atoms with Crippen LogP contribution in [0, 0.1) is 6.07 Å². The van der Waals surface area contributed by atoms with Gasteiger partial charge in [-0.05, 0) is 17.4 Å². The normalized spacial score (nSPS) is 11.3. The van der Waals surface area contributed by atoms with Crippen molar-refractivity contribution in [3.05, 3.63) is 159 Å². The second kappa shape index (κ2) is 16.6. The first-order valence-electron chi connectivity index (χ1n) is 14.3. The topological polar surface area (TPSA) is 0 Å². The minimum atomic E-state index is 0. The molecule has 0 atom stereocenters. The Balaban J connectivity index is 0.000000260. The predicted octanol–water partition coefficient (Wildman–Crippen LogP) is 5.18. The number of hydrogen-bond acceptors (Lipinski definition) is 0. The summed E-state index contributed by atoms with van der Waals surface area (Å²) in [6, 6.07) is 40.8. The molecule has 0 bridgehead atoms. The molecule has 5 aromatic rings. The zero-order valence-electron chi connectivity index (χ0n) is 26.1. The van der Waals surface area contributed by atoms with E-state index in [9.17, 15) is 0 Å². The zero-order chi connectivity index (χ0) is 30.5. The summed E-state index contributed by atoms with van der Waals surface area (Å²) in [4.78, 5) is 0. The van der Waals surface area contributed by atoms with Crippen molar-refractivity contribution in [2.45, 2.75) is 58.8 Å². The summed E-state index contributed by atoms with van der Waals surface area (Å²) in [5.74, 6) is 0.